The summed E-state index contributed by atoms with van der Waals surface area (Å²) in [4.78, 5) is 3.54. The Bertz CT molecular complexity index is 983. The van der Waals surface area contributed by atoms with Gasteiger partial charge in [0.25, 0.3) is 0 Å². The number of hydrogen-bond acceptors (Lipinski definition) is 2. The highest BCUT2D eigenvalue weighted by molar-refractivity contribution is 7.97. The van der Waals surface area contributed by atoms with E-state index in [-0.39, 0.29) is 22.3 Å². The van der Waals surface area contributed by atoms with Crippen LogP contribution in [0.4, 0.5) is 15.8 Å². The molecule has 2 aliphatic rings. The van der Waals surface area contributed by atoms with Crippen molar-refractivity contribution >= 4 is 22.3 Å². The third kappa shape index (κ3) is 3.06. The smallest absolute Gasteiger partial charge is 0.190 e. The molecule has 0 atom stereocenters. The van der Waals surface area contributed by atoms with Gasteiger partial charge < -0.3 is 10.1 Å². The van der Waals surface area contributed by atoms with Gasteiger partial charge in [-0.1, -0.05) is 24.3 Å². The van der Waals surface area contributed by atoms with Gasteiger partial charge in [0.2, 0.25) is 0 Å². The third-order valence-electron chi connectivity index (χ3n) is 5.64. The highest BCUT2D eigenvalue weighted by Gasteiger charge is 2.38. The fourth-order valence-electron chi connectivity index (χ4n) is 4.19. The van der Waals surface area contributed by atoms with Gasteiger partial charge in [0.1, 0.15) is 16.5 Å². The fourth-order valence-corrected chi connectivity index (χ4v) is 6.47. The molecule has 1 heterocycles. The standard InChI is InChI=1S/C24H23FNOS/c1-24(14-6-7-15-24)27-21-16-17(12-13-18(21)25)28-22-10-4-2-8-19(22)26-20-9-3-5-11-23(20)28/h2-5,8-13,16,26H,6-7,14-15H2,1H3/q+1. The summed E-state index contributed by atoms with van der Waals surface area (Å²) in [6.07, 6.45) is 4.26. The van der Waals surface area contributed by atoms with Crippen molar-refractivity contribution in [1.82, 2.24) is 0 Å². The minimum atomic E-state index is -0.302. The quantitative estimate of drug-likeness (QED) is 0.392. The molecule has 142 valence electrons. The zero-order valence-corrected chi connectivity index (χ0v) is 16.7. The van der Waals surface area contributed by atoms with Gasteiger partial charge in [-0.3, -0.25) is 0 Å². The van der Waals surface area contributed by atoms with Crippen LogP contribution in [0, 0.1) is 5.82 Å². The van der Waals surface area contributed by atoms with Crippen molar-refractivity contribution in [2.45, 2.75) is 52.9 Å². The largest absolute Gasteiger partial charge is 0.484 e. The first-order valence-electron chi connectivity index (χ1n) is 9.81. The maximum Gasteiger partial charge on any atom is 0.190 e. The van der Waals surface area contributed by atoms with Gasteiger partial charge in [0.15, 0.2) is 26.3 Å². The van der Waals surface area contributed by atoms with Crippen molar-refractivity contribution in [3.8, 4) is 5.75 Å². The second-order valence-electron chi connectivity index (χ2n) is 7.77. The monoisotopic (exact) mass is 392 g/mol. The van der Waals surface area contributed by atoms with Gasteiger partial charge in [0.05, 0.1) is 11.4 Å². The predicted molar refractivity (Wildman–Crippen MR) is 112 cm³/mol. The molecule has 4 heteroatoms. The van der Waals surface area contributed by atoms with E-state index in [1.807, 2.05) is 24.3 Å². The molecule has 1 fully saturated rings. The number of para-hydroxylation sites is 2. The Morgan fingerprint density at radius 3 is 2.14 bits per heavy atom. The van der Waals surface area contributed by atoms with Crippen molar-refractivity contribution < 1.29 is 9.13 Å². The Kier molecular flexibility index (Phi) is 4.31. The summed E-state index contributed by atoms with van der Waals surface area (Å²) in [6, 6.07) is 22.1. The lowest BCUT2D eigenvalue weighted by Crippen LogP contribution is -2.28. The number of rotatable bonds is 3. The molecule has 0 amide bonds. The lowest BCUT2D eigenvalue weighted by molar-refractivity contribution is 0.0910. The molecule has 0 unspecified atom stereocenters. The van der Waals surface area contributed by atoms with E-state index in [1.54, 1.807) is 6.07 Å². The number of nitrogens with one attached hydrogen (secondary N) is 1. The van der Waals surface area contributed by atoms with E-state index in [2.05, 4.69) is 48.6 Å². The lowest BCUT2D eigenvalue weighted by Gasteiger charge is -2.26. The SMILES string of the molecule is CC1(Oc2cc([S+]3c4ccccc4Nc4ccccc43)ccc2F)CCCC1. The van der Waals surface area contributed by atoms with Crippen LogP contribution in [0.1, 0.15) is 32.6 Å². The van der Waals surface area contributed by atoms with E-state index < -0.39 is 0 Å². The predicted octanol–water partition coefficient (Wildman–Crippen LogP) is 6.69. The van der Waals surface area contributed by atoms with Crippen LogP contribution in [-0.4, -0.2) is 5.60 Å². The molecule has 0 bridgehead atoms. The summed E-state index contributed by atoms with van der Waals surface area (Å²) >= 11 is 0. The average molecular weight is 393 g/mol. The fraction of sp³-hybridized carbons (Fsp3) is 0.250. The summed E-state index contributed by atoms with van der Waals surface area (Å²) in [5.74, 6) is 0.0973. The van der Waals surface area contributed by atoms with Crippen LogP contribution < -0.4 is 10.1 Å². The number of ether oxygens (including phenoxy) is 1. The first kappa shape index (κ1) is 17.6. The molecule has 3 aromatic carbocycles. The van der Waals surface area contributed by atoms with Crippen LogP contribution in [-0.2, 0) is 10.9 Å². The number of halogens is 1. The summed E-state index contributed by atoms with van der Waals surface area (Å²) in [5, 5.41) is 3.53. The number of hydrogen-bond donors (Lipinski definition) is 1. The maximum absolute atomic E-state index is 14.6. The second-order valence-corrected chi connectivity index (χ2v) is 9.74. The van der Waals surface area contributed by atoms with Crippen molar-refractivity contribution in [1.29, 1.82) is 0 Å². The lowest BCUT2D eigenvalue weighted by atomic mass is 10.1. The topological polar surface area (TPSA) is 21.3 Å². The summed E-state index contributed by atoms with van der Waals surface area (Å²) in [5.41, 5.74) is 1.96. The highest BCUT2D eigenvalue weighted by atomic mass is 32.2. The van der Waals surface area contributed by atoms with E-state index in [1.165, 1.54) is 9.79 Å². The van der Waals surface area contributed by atoms with Crippen molar-refractivity contribution in [2.75, 3.05) is 5.32 Å². The molecule has 28 heavy (non-hydrogen) atoms. The van der Waals surface area contributed by atoms with Crippen molar-refractivity contribution in [2.24, 2.45) is 0 Å². The second kappa shape index (κ2) is 6.85. The molecule has 2 nitrogen and oxygen atoms in total. The molecule has 0 saturated heterocycles. The van der Waals surface area contributed by atoms with Gasteiger partial charge in [-0.05, 0) is 69.0 Å². The van der Waals surface area contributed by atoms with Crippen LogP contribution in [0.25, 0.3) is 0 Å². The van der Waals surface area contributed by atoms with E-state index >= 15 is 0 Å². The van der Waals surface area contributed by atoms with Crippen molar-refractivity contribution in [3.05, 3.63) is 72.5 Å². The summed E-state index contributed by atoms with van der Waals surface area (Å²) in [7, 11) is -0.302. The normalized spacial score (nSPS) is 17.5. The number of fused-ring (bicyclic) bond motifs is 2. The highest BCUT2D eigenvalue weighted by Crippen LogP contribution is 2.45. The molecule has 0 aromatic heterocycles. The Hall–Kier alpha value is -2.46. The summed E-state index contributed by atoms with van der Waals surface area (Å²) < 4.78 is 20.8. The van der Waals surface area contributed by atoms with Gasteiger partial charge in [0, 0.05) is 6.07 Å². The Labute approximate surface area is 168 Å². The third-order valence-corrected chi connectivity index (χ3v) is 7.96. The number of benzene rings is 3. The number of anilines is 2. The van der Waals surface area contributed by atoms with Gasteiger partial charge >= 0.3 is 0 Å². The minimum absolute atomic E-state index is 0.257. The molecule has 1 saturated carbocycles. The van der Waals surface area contributed by atoms with Crippen LogP contribution in [0.3, 0.4) is 0 Å². The zero-order valence-electron chi connectivity index (χ0n) is 15.9. The Morgan fingerprint density at radius 1 is 0.893 bits per heavy atom. The minimum Gasteiger partial charge on any atom is -0.484 e. The Morgan fingerprint density at radius 2 is 1.50 bits per heavy atom. The average Bonchev–Trinajstić information content (AvgIpc) is 3.14. The molecular formula is C24H23FNOS+. The molecule has 5 rings (SSSR count). The van der Waals surface area contributed by atoms with Gasteiger partial charge in [-0.25, -0.2) is 4.39 Å². The summed E-state index contributed by atoms with van der Waals surface area (Å²) in [6.45, 7) is 2.10. The first-order valence-corrected chi connectivity index (χ1v) is 11.0. The van der Waals surface area contributed by atoms with E-state index in [0.717, 1.165) is 42.0 Å². The molecule has 3 aromatic rings. The molecule has 0 radical (unpaired) electrons. The molecular weight excluding hydrogens is 369 g/mol. The van der Waals surface area contributed by atoms with Crippen LogP contribution in [0.2, 0.25) is 0 Å². The maximum atomic E-state index is 14.6. The van der Waals surface area contributed by atoms with Gasteiger partial charge in [-0.15, -0.1) is 0 Å². The van der Waals surface area contributed by atoms with Crippen LogP contribution in [0.5, 0.6) is 5.75 Å². The Balaban J connectivity index is 1.61. The van der Waals surface area contributed by atoms with Crippen LogP contribution >= 0.6 is 0 Å². The molecule has 1 aliphatic carbocycles. The van der Waals surface area contributed by atoms with Gasteiger partial charge in [-0.2, -0.15) is 0 Å². The van der Waals surface area contributed by atoms with E-state index in [4.69, 9.17) is 4.74 Å². The van der Waals surface area contributed by atoms with E-state index in [0.29, 0.717) is 5.75 Å². The van der Waals surface area contributed by atoms with Crippen molar-refractivity contribution in [3.63, 3.8) is 0 Å². The first-order chi connectivity index (χ1) is 13.6. The van der Waals surface area contributed by atoms with E-state index in [9.17, 15) is 4.39 Å². The van der Waals surface area contributed by atoms with Crippen LogP contribution in [0.15, 0.2) is 81.4 Å². The molecule has 0 spiro atoms. The molecule has 1 N–H and O–H groups in total. The zero-order chi connectivity index (χ0) is 19.1. The molecule has 1 aliphatic heterocycles.